The topological polar surface area (TPSA) is 66.5 Å². The SMILES string of the molecule is COCC1(CNC(=O)c2ccc(N(C)C)nc2)CCNCC1. The van der Waals surface area contributed by atoms with Crippen LogP contribution in [-0.4, -0.2) is 58.3 Å². The van der Waals surface area contributed by atoms with Crippen LogP contribution in [0, 0.1) is 5.41 Å². The lowest BCUT2D eigenvalue weighted by Gasteiger charge is -2.37. The summed E-state index contributed by atoms with van der Waals surface area (Å²) >= 11 is 0. The Balaban J connectivity index is 1.95. The number of hydrogen-bond donors (Lipinski definition) is 2. The minimum Gasteiger partial charge on any atom is -0.384 e. The van der Waals surface area contributed by atoms with Gasteiger partial charge in [0.1, 0.15) is 5.82 Å². The lowest BCUT2D eigenvalue weighted by atomic mass is 9.79. The van der Waals surface area contributed by atoms with Crippen molar-refractivity contribution in [3.05, 3.63) is 23.9 Å². The van der Waals surface area contributed by atoms with E-state index < -0.39 is 0 Å². The van der Waals surface area contributed by atoms with Gasteiger partial charge in [-0.2, -0.15) is 0 Å². The molecule has 0 unspecified atom stereocenters. The zero-order chi connectivity index (χ0) is 16.0. The number of nitrogens with one attached hydrogen (secondary N) is 2. The van der Waals surface area contributed by atoms with Crippen LogP contribution in [0.25, 0.3) is 0 Å². The number of ether oxygens (including phenoxy) is 1. The number of aromatic nitrogens is 1. The van der Waals surface area contributed by atoms with Crippen molar-refractivity contribution in [3.63, 3.8) is 0 Å². The Morgan fingerprint density at radius 3 is 2.68 bits per heavy atom. The summed E-state index contributed by atoms with van der Waals surface area (Å²) in [5.41, 5.74) is 0.624. The van der Waals surface area contributed by atoms with E-state index in [1.807, 2.05) is 31.1 Å². The largest absolute Gasteiger partial charge is 0.384 e. The third-order valence-corrected chi connectivity index (χ3v) is 4.21. The van der Waals surface area contributed by atoms with Gasteiger partial charge >= 0.3 is 0 Å². The van der Waals surface area contributed by atoms with Crippen LogP contribution in [0.4, 0.5) is 5.82 Å². The minimum absolute atomic E-state index is 0.0344. The summed E-state index contributed by atoms with van der Waals surface area (Å²) in [5, 5.41) is 6.39. The molecule has 0 aliphatic carbocycles. The molecule has 0 aromatic carbocycles. The average Bonchev–Trinajstić information content (AvgIpc) is 2.54. The van der Waals surface area contributed by atoms with Crippen molar-refractivity contribution < 1.29 is 9.53 Å². The number of anilines is 1. The molecule has 1 fully saturated rings. The second-order valence-electron chi connectivity index (χ2n) is 6.17. The summed E-state index contributed by atoms with van der Waals surface area (Å²) in [4.78, 5) is 18.5. The van der Waals surface area contributed by atoms with E-state index in [9.17, 15) is 4.79 Å². The van der Waals surface area contributed by atoms with Gasteiger partial charge in [-0.1, -0.05) is 0 Å². The van der Waals surface area contributed by atoms with Crippen LogP contribution in [0.2, 0.25) is 0 Å². The molecule has 1 saturated heterocycles. The molecule has 6 nitrogen and oxygen atoms in total. The fourth-order valence-corrected chi connectivity index (χ4v) is 2.79. The minimum atomic E-state index is -0.0770. The Labute approximate surface area is 132 Å². The second-order valence-corrected chi connectivity index (χ2v) is 6.17. The number of pyridine rings is 1. The highest BCUT2D eigenvalue weighted by Gasteiger charge is 2.32. The van der Waals surface area contributed by atoms with Gasteiger partial charge in [0, 0.05) is 39.4 Å². The maximum absolute atomic E-state index is 12.3. The number of carbonyl (C=O) groups excluding carboxylic acids is 1. The fraction of sp³-hybridized carbons (Fsp3) is 0.625. The van der Waals surface area contributed by atoms with Crippen molar-refractivity contribution >= 4 is 11.7 Å². The van der Waals surface area contributed by atoms with E-state index in [4.69, 9.17) is 4.74 Å². The summed E-state index contributed by atoms with van der Waals surface area (Å²) in [6, 6.07) is 3.66. The van der Waals surface area contributed by atoms with Gasteiger partial charge in [-0.25, -0.2) is 4.98 Å². The van der Waals surface area contributed by atoms with Crippen LogP contribution in [-0.2, 0) is 4.74 Å². The van der Waals surface area contributed by atoms with Gasteiger partial charge in [-0.05, 0) is 38.1 Å². The highest BCUT2D eigenvalue weighted by molar-refractivity contribution is 5.94. The van der Waals surface area contributed by atoms with E-state index in [0.717, 1.165) is 31.7 Å². The lowest BCUT2D eigenvalue weighted by molar-refractivity contribution is 0.0511. The molecule has 1 amide bonds. The molecular formula is C16H26N4O2. The smallest absolute Gasteiger partial charge is 0.252 e. The Morgan fingerprint density at radius 1 is 1.41 bits per heavy atom. The van der Waals surface area contributed by atoms with E-state index >= 15 is 0 Å². The summed E-state index contributed by atoms with van der Waals surface area (Å²) in [6.07, 6.45) is 3.65. The number of hydrogen-bond acceptors (Lipinski definition) is 5. The number of rotatable bonds is 6. The van der Waals surface area contributed by atoms with Crippen molar-refractivity contribution in [1.82, 2.24) is 15.6 Å². The standard InChI is InChI=1S/C16H26N4O2/c1-20(2)14-5-4-13(10-18-14)15(21)19-11-16(12-22-3)6-8-17-9-7-16/h4-5,10,17H,6-9,11-12H2,1-3H3,(H,19,21). The van der Waals surface area contributed by atoms with Gasteiger partial charge in [-0.15, -0.1) is 0 Å². The molecule has 2 N–H and O–H groups in total. The number of carbonyl (C=O) groups is 1. The van der Waals surface area contributed by atoms with Crippen LogP contribution in [0.3, 0.4) is 0 Å². The molecule has 6 heteroatoms. The van der Waals surface area contributed by atoms with Gasteiger partial charge < -0.3 is 20.3 Å². The first kappa shape index (κ1) is 16.7. The zero-order valence-corrected chi connectivity index (χ0v) is 13.7. The molecule has 0 bridgehead atoms. The maximum Gasteiger partial charge on any atom is 0.252 e. The molecular weight excluding hydrogens is 280 g/mol. The Morgan fingerprint density at radius 2 is 2.14 bits per heavy atom. The summed E-state index contributed by atoms with van der Waals surface area (Å²) in [7, 11) is 5.57. The molecule has 22 heavy (non-hydrogen) atoms. The van der Waals surface area contributed by atoms with E-state index in [-0.39, 0.29) is 11.3 Å². The van der Waals surface area contributed by atoms with Crippen molar-refractivity contribution in [3.8, 4) is 0 Å². The molecule has 0 spiro atoms. The first-order chi connectivity index (χ1) is 10.6. The van der Waals surface area contributed by atoms with Gasteiger partial charge in [0.25, 0.3) is 5.91 Å². The van der Waals surface area contributed by atoms with E-state index in [1.165, 1.54) is 0 Å². The molecule has 122 valence electrons. The number of piperidine rings is 1. The lowest BCUT2D eigenvalue weighted by Crippen LogP contribution is -2.47. The predicted molar refractivity (Wildman–Crippen MR) is 87.3 cm³/mol. The number of amides is 1. The molecule has 1 aliphatic heterocycles. The number of nitrogens with zero attached hydrogens (tertiary/aromatic N) is 2. The van der Waals surface area contributed by atoms with Gasteiger partial charge in [0.15, 0.2) is 0 Å². The Kier molecular flexibility index (Phi) is 5.74. The van der Waals surface area contributed by atoms with Crippen molar-refractivity contribution in [2.45, 2.75) is 12.8 Å². The number of methoxy groups -OCH3 is 1. The zero-order valence-electron chi connectivity index (χ0n) is 13.7. The van der Waals surface area contributed by atoms with Crippen molar-refractivity contribution in [1.29, 1.82) is 0 Å². The third kappa shape index (κ3) is 4.18. The van der Waals surface area contributed by atoms with Crippen LogP contribution < -0.4 is 15.5 Å². The summed E-state index contributed by atoms with van der Waals surface area (Å²) in [5.74, 6) is 0.762. The first-order valence-corrected chi connectivity index (χ1v) is 7.68. The van der Waals surface area contributed by atoms with Gasteiger partial charge in [-0.3, -0.25) is 4.79 Å². The second kappa shape index (κ2) is 7.56. The molecule has 0 atom stereocenters. The molecule has 1 aromatic heterocycles. The van der Waals surface area contributed by atoms with Crippen LogP contribution >= 0.6 is 0 Å². The molecule has 2 rings (SSSR count). The van der Waals surface area contributed by atoms with E-state index in [1.54, 1.807) is 13.3 Å². The quantitative estimate of drug-likeness (QED) is 0.817. The van der Waals surface area contributed by atoms with Gasteiger partial charge in [0.2, 0.25) is 0 Å². The van der Waals surface area contributed by atoms with Crippen LogP contribution in [0.1, 0.15) is 23.2 Å². The van der Waals surface area contributed by atoms with Crippen LogP contribution in [0.15, 0.2) is 18.3 Å². The van der Waals surface area contributed by atoms with E-state index in [2.05, 4.69) is 15.6 Å². The van der Waals surface area contributed by atoms with Crippen molar-refractivity contribution in [2.24, 2.45) is 5.41 Å². The molecule has 0 saturated carbocycles. The highest BCUT2D eigenvalue weighted by Crippen LogP contribution is 2.28. The monoisotopic (exact) mass is 306 g/mol. The third-order valence-electron chi connectivity index (χ3n) is 4.21. The van der Waals surface area contributed by atoms with Crippen molar-refractivity contribution in [2.75, 3.05) is 52.3 Å². The van der Waals surface area contributed by atoms with Crippen LogP contribution in [0.5, 0.6) is 0 Å². The predicted octanol–water partition coefficient (Wildman–Crippen LogP) is 0.894. The normalized spacial score (nSPS) is 17.0. The van der Waals surface area contributed by atoms with Gasteiger partial charge in [0.05, 0.1) is 12.2 Å². The first-order valence-electron chi connectivity index (χ1n) is 7.68. The summed E-state index contributed by atoms with van der Waals surface area (Å²) < 4.78 is 5.37. The molecule has 2 heterocycles. The maximum atomic E-state index is 12.3. The molecule has 1 aromatic rings. The fourth-order valence-electron chi connectivity index (χ4n) is 2.79. The molecule has 0 radical (unpaired) electrons. The van der Waals surface area contributed by atoms with E-state index in [0.29, 0.717) is 18.7 Å². The summed E-state index contributed by atoms with van der Waals surface area (Å²) in [6.45, 7) is 3.25. The molecule has 1 aliphatic rings. The Hall–Kier alpha value is -1.66. The highest BCUT2D eigenvalue weighted by atomic mass is 16.5. The Bertz CT molecular complexity index is 476. The average molecular weight is 306 g/mol.